The summed E-state index contributed by atoms with van der Waals surface area (Å²) in [6.07, 6.45) is -3.76. The van der Waals surface area contributed by atoms with Gasteiger partial charge in [0.25, 0.3) is 11.1 Å². The lowest BCUT2D eigenvalue weighted by atomic mass is 10.2. The fraction of sp³-hybridized carbons (Fsp3) is 0.167. The number of hydrogen-bond donors (Lipinski definition) is 1. The number of H-pyrrole nitrogens is 1. The number of hydrogen-bond acceptors (Lipinski definition) is 7. The normalized spacial score (nSPS) is 11.3. The maximum Gasteiger partial charge on any atom is 0.437 e. The van der Waals surface area contributed by atoms with E-state index in [9.17, 15) is 31.5 Å². The van der Waals surface area contributed by atoms with Gasteiger partial charge >= 0.3 is 18.8 Å². The summed E-state index contributed by atoms with van der Waals surface area (Å²) in [7, 11) is 0. The van der Waals surface area contributed by atoms with Crippen LogP contribution < -0.4 is 20.6 Å². The van der Waals surface area contributed by atoms with E-state index in [0.29, 0.717) is 10.9 Å². The summed E-state index contributed by atoms with van der Waals surface area (Å²) < 4.78 is 74.3. The SMILES string of the molecule is N#Cc1cc(Cl)cc(Oc2c(C(F)(F)F)ncn(Cc3cnc(OC(F)F)[nH]c3=O)c2=O)c1. The van der Waals surface area contributed by atoms with E-state index in [1.54, 1.807) is 6.07 Å². The highest BCUT2D eigenvalue weighted by atomic mass is 35.5. The third-order valence-corrected chi connectivity index (χ3v) is 4.09. The summed E-state index contributed by atoms with van der Waals surface area (Å²) in [5.41, 5.74) is -4.29. The van der Waals surface area contributed by atoms with Gasteiger partial charge in [0.05, 0.1) is 30.1 Å². The summed E-state index contributed by atoms with van der Waals surface area (Å²) in [5, 5.41) is 8.95. The quantitative estimate of drug-likeness (QED) is 0.527. The number of nitriles is 1. The first-order chi connectivity index (χ1) is 15.5. The molecule has 0 bridgehead atoms. The van der Waals surface area contributed by atoms with Crippen LogP contribution in [0.4, 0.5) is 22.0 Å². The molecule has 0 aliphatic rings. The van der Waals surface area contributed by atoms with Crippen molar-refractivity contribution in [2.24, 2.45) is 0 Å². The van der Waals surface area contributed by atoms with E-state index in [-0.39, 0.29) is 21.9 Å². The zero-order chi connectivity index (χ0) is 24.3. The molecule has 3 rings (SSSR count). The predicted octanol–water partition coefficient (Wildman–Crippen LogP) is 3.31. The Labute approximate surface area is 184 Å². The lowest BCUT2D eigenvalue weighted by Gasteiger charge is -2.15. The molecule has 0 saturated carbocycles. The maximum atomic E-state index is 13.4. The third-order valence-electron chi connectivity index (χ3n) is 3.88. The van der Waals surface area contributed by atoms with Gasteiger partial charge in [-0.1, -0.05) is 11.6 Å². The molecule has 0 spiro atoms. The first-order valence-electron chi connectivity index (χ1n) is 8.56. The lowest BCUT2D eigenvalue weighted by Crippen LogP contribution is -2.29. The first-order valence-corrected chi connectivity index (χ1v) is 8.94. The number of rotatable bonds is 6. The topological polar surface area (TPSA) is 123 Å². The number of alkyl halides is 5. The van der Waals surface area contributed by atoms with E-state index in [0.717, 1.165) is 18.3 Å². The number of nitrogens with zero attached hydrogens (tertiary/aromatic N) is 4. The van der Waals surface area contributed by atoms with E-state index in [2.05, 4.69) is 14.7 Å². The molecule has 2 aromatic heterocycles. The van der Waals surface area contributed by atoms with Gasteiger partial charge in [-0.2, -0.15) is 27.2 Å². The maximum absolute atomic E-state index is 13.4. The standard InChI is InChI=1S/C18H9ClF5N5O4/c19-10-1-8(4-25)2-11(3-10)32-12-13(18(22,23)24)27-7-29(15(12)31)6-9-5-26-17(28-14(9)30)33-16(20)21/h1-3,5,7,16H,6H2,(H,26,28,30). The van der Waals surface area contributed by atoms with Crippen LogP contribution in [0.25, 0.3) is 0 Å². The molecule has 0 unspecified atom stereocenters. The summed E-state index contributed by atoms with van der Waals surface area (Å²) in [6.45, 7) is -3.88. The summed E-state index contributed by atoms with van der Waals surface area (Å²) in [5.74, 6) is -1.58. The minimum absolute atomic E-state index is 0.0365. The van der Waals surface area contributed by atoms with Gasteiger partial charge in [0, 0.05) is 11.2 Å². The number of halogens is 6. The minimum Gasteiger partial charge on any atom is -0.449 e. The molecule has 0 fully saturated rings. The Hall–Kier alpha value is -3.99. The average molecular weight is 490 g/mol. The Morgan fingerprint density at radius 2 is 1.94 bits per heavy atom. The number of aromatic nitrogens is 4. The zero-order valence-corrected chi connectivity index (χ0v) is 16.6. The van der Waals surface area contributed by atoms with Crippen molar-refractivity contribution in [2.75, 3.05) is 0 Å². The van der Waals surface area contributed by atoms with E-state index >= 15 is 0 Å². The average Bonchev–Trinajstić information content (AvgIpc) is 2.71. The third kappa shape index (κ3) is 5.63. The molecule has 33 heavy (non-hydrogen) atoms. The van der Waals surface area contributed by atoms with Crippen LogP contribution in [0.15, 0.2) is 40.3 Å². The predicted molar refractivity (Wildman–Crippen MR) is 100 cm³/mol. The second kappa shape index (κ2) is 9.25. The highest BCUT2D eigenvalue weighted by Gasteiger charge is 2.38. The van der Waals surface area contributed by atoms with Gasteiger partial charge in [-0.25, -0.2) is 9.97 Å². The second-order valence-corrected chi connectivity index (χ2v) is 6.60. The van der Waals surface area contributed by atoms with Gasteiger partial charge in [0.2, 0.25) is 5.75 Å². The molecular weight excluding hydrogens is 481 g/mol. The van der Waals surface area contributed by atoms with Crippen molar-refractivity contribution in [1.82, 2.24) is 19.5 Å². The largest absolute Gasteiger partial charge is 0.449 e. The summed E-state index contributed by atoms with van der Waals surface area (Å²) in [4.78, 5) is 33.3. The summed E-state index contributed by atoms with van der Waals surface area (Å²) in [6, 6.07) is 4.29. The smallest absolute Gasteiger partial charge is 0.437 e. The molecule has 15 heteroatoms. The number of nitrogens with one attached hydrogen (secondary N) is 1. The minimum atomic E-state index is -5.09. The van der Waals surface area contributed by atoms with E-state index < -0.39 is 47.9 Å². The van der Waals surface area contributed by atoms with Crippen molar-refractivity contribution < 1.29 is 31.4 Å². The molecule has 0 aliphatic carbocycles. The lowest BCUT2D eigenvalue weighted by molar-refractivity contribution is -0.142. The Morgan fingerprint density at radius 3 is 2.55 bits per heavy atom. The van der Waals surface area contributed by atoms with Gasteiger partial charge in [0.15, 0.2) is 5.69 Å². The summed E-state index contributed by atoms with van der Waals surface area (Å²) >= 11 is 5.81. The molecule has 0 radical (unpaired) electrons. The van der Waals surface area contributed by atoms with Gasteiger partial charge in [-0.15, -0.1) is 0 Å². The van der Waals surface area contributed by atoms with Gasteiger partial charge in [0.1, 0.15) is 5.75 Å². The molecule has 1 aromatic carbocycles. The molecule has 172 valence electrons. The van der Waals surface area contributed by atoms with Crippen LogP contribution in [0.3, 0.4) is 0 Å². The van der Waals surface area contributed by atoms with Gasteiger partial charge < -0.3 is 9.47 Å². The van der Waals surface area contributed by atoms with Crippen LogP contribution in [0.1, 0.15) is 16.8 Å². The number of ether oxygens (including phenoxy) is 2. The highest BCUT2D eigenvalue weighted by Crippen LogP contribution is 2.35. The van der Waals surface area contributed by atoms with Crippen molar-refractivity contribution >= 4 is 11.6 Å². The molecule has 9 nitrogen and oxygen atoms in total. The second-order valence-electron chi connectivity index (χ2n) is 6.16. The van der Waals surface area contributed by atoms with E-state index in [4.69, 9.17) is 21.6 Å². The van der Waals surface area contributed by atoms with Crippen LogP contribution in [-0.2, 0) is 12.7 Å². The molecule has 0 saturated heterocycles. The van der Waals surface area contributed by atoms with Crippen LogP contribution in [0.2, 0.25) is 5.02 Å². The number of benzene rings is 1. The van der Waals surface area contributed by atoms with E-state index in [1.165, 1.54) is 6.07 Å². The Kier molecular flexibility index (Phi) is 6.63. The first kappa shape index (κ1) is 23.7. The van der Waals surface area contributed by atoms with Crippen LogP contribution in [0, 0.1) is 11.3 Å². The fourth-order valence-corrected chi connectivity index (χ4v) is 2.75. The zero-order valence-electron chi connectivity index (χ0n) is 15.9. The Balaban J connectivity index is 2.04. The highest BCUT2D eigenvalue weighted by molar-refractivity contribution is 6.30. The van der Waals surface area contributed by atoms with Crippen molar-refractivity contribution in [3.8, 4) is 23.6 Å². The van der Waals surface area contributed by atoms with Crippen LogP contribution >= 0.6 is 11.6 Å². The molecule has 2 heterocycles. The monoisotopic (exact) mass is 489 g/mol. The Bertz CT molecular complexity index is 1350. The van der Waals surface area contributed by atoms with Crippen molar-refractivity contribution in [1.29, 1.82) is 5.26 Å². The molecule has 3 aromatic rings. The fourth-order valence-electron chi connectivity index (χ4n) is 2.53. The molecule has 1 N–H and O–H groups in total. The number of aromatic amines is 1. The molecule has 0 aliphatic heterocycles. The van der Waals surface area contributed by atoms with Crippen LogP contribution in [-0.4, -0.2) is 26.1 Å². The molecular formula is C18H9ClF5N5O4. The van der Waals surface area contributed by atoms with Gasteiger partial charge in [-0.3, -0.25) is 19.1 Å². The van der Waals surface area contributed by atoms with Crippen LogP contribution in [0.5, 0.6) is 17.5 Å². The van der Waals surface area contributed by atoms with Gasteiger partial charge in [-0.05, 0) is 18.2 Å². The molecule has 0 amide bonds. The van der Waals surface area contributed by atoms with E-state index in [1.807, 2.05) is 4.98 Å². The Morgan fingerprint density at radius 1 is 1.21 bits per heavy atom. The van der Waals surface area contributed by atoms with Crippen molar-refractivity contribution in [3.05, 3.63) is 73.3 Å². The van der Waals surface area contributed by atoms with Crippen molar-refractivity contribution in [2.45, 2.75) is 19.3 Å². The van der Waals surface area contributed by atoms with Crippen molar-refractivity contribution in [3.63, 3.8) is 0 Å². The molecule has 0 atom stereocenters.